The van der Waals surface area contributed by atoms with Gasteiger partial charge in [0.05, 0.1) is 0 Å². The van der Waals surface area contributed by atoms with Crippen LogP contribution in [0, 0.1) is 11.8 Å². The molecule has 3 atom stereocenters. The number of benzene rings is 1. The SMILES string of the molecule is C=C(C)C1CC=C(C)CC1.CCCCCc1cc(O)c2c(c1)OC(C)(C)[C@@H]1CCC(C)=C[C@@H]21. The van der Waals surface area contributed by atoms with E-state index in [1.807, 2.05) is 6.07 Å². The first-order chi connectivity index (χ1) is 15.6. The van der Waals surface area contributed by atoms with E-state index in [9.17, 15) is 5.11 Å². The van der Waals surface area contributed by atoms with Crippen LogP contribution in [0.1, 0.15) is 110 Å². The molecule has 2 heteroatoms. The van der Waals surface area contributed by atoms with Crippen molar-refractivity contribution in [1.82, 2.24) is 0 Å². The molecule has 4 rings (SSSR count). The van der Waals surface area contributed by atoms with Crippen molar-refractivity contribution >= 4 is 0 Å². The van der Waals surface area contributed by atoms with Gasteiger partial charge in [0.2, 0.25) is 0 Å². The minimum absolute atomic E-state index is 0.177. The van der Waals surface area contributed by atoms with Crippen LogP contribution in [-0.4, -0.2) is 10.7 Å². The molecule has 1 unspecified atom stereocenters. The lowest BCUT2D eigenvalue weighted by Crippen LogP contribution is -2.45. The van der Waals surface area contributed by atoms with Crippen LogP contribution in [0.15, 0.2) is 47.6 Å². The zero-order chi connectivity index (χ0) is 24.2. The molecule has 0 fully saturated rings. The van der Waals surface area contributed by atoms with E-state index in [0.717, 1.165) is 36.5 Å². The predicted molar refractivity (Wildman–Crippen MR) is 141 cm³/mol. The molecule has 0 saturated heterocycles. The second-order valence-corrected chi connectivity index (χ2v) is 11.2. The van der Waals surface area contributed by atoms with Crippen molar-refractivity contribution in [3.05, 3.63) is 58.7 Å². The number of allylic oxidation sites excluding steroid dienone is 5. The second kappa shape index (κ2) is 11.0. The van der Waals surface area contributed by atoms with Gasteiger partial charge in [-0.3, -0.25) is 0 Å². The number of aryl methyl sites for hydroxylation is 1. The third kappa shape index (κ3) is 6.34. The Hall–Kier alpha value is -1.96. The lowest BCUT2D eigenvalue weighted by molar-refractivity contribution is 0.0107. The first-order valence-corrected chi connectivity index (χ1v) is 13.2. The predicted octanol–water partition coefficient (Wildman–Crippen LogP) is 9.04. The van der Waals surface area contributed by atoms with Crippen molar-refractivity contribution < 1.29 is 9.84 Å². The van der Waals surface area contributed by atoms with Gasteiger partial charge in [0.25, 0.3) is 0 Å². The molecule has 1 aliphatic heterocycles. The third-order valence-electron chi connectivity index (χ3n) is 7.93. The molecule has 1 aromatic carbocycles. The Morgan fingerprint density at radius 1 is 1.12 bits per heavy atom. The standard InChI is InChI=1S/C21H30O2.C10H16/c1-5-6-7-8-15-12-18(22)20-16-11-14(2)9-10-17(16)21(3,4)23-19(20)13-15;1-8(2)10-6-4-9(3)5-7-10/h11-13,16-17,22H,5-10H2,1-4H3;4,10H,1,5-7H2,2-3H3/t16-,17-;/m1./s1. The smallest absolute Gasteiger partial charge is 0.127 e. The number of rotatable bonds is 5. The van der Waals surface area contributed by atoms with Crippen LogP contribution in [0.3, 0.4) is 0 Å². The summed E-state index contributed by atoms with van der Waals surface area (Å²) < 4.78 is 6.36. The van der Waals surface area contributed by atoms with Crippen molar-refractivity contribution in [1.29, 1.82) is 0 Å². The molecular weight excluding hydrogens is 404 g/mol. The van der Waals surface area contributed by atoms with Crippen molar-refractivity contribution in [3.63, 3.8) is 0 Å². The highest BCUT2D eigenvalue weighted by atomic mass is 16.5. The van der Waals surface area contributed by atoms with Crippen molar-refractivity contribution in [2.75, 3.05) is 0 Å². The summed E-state index contributed by atoms with van der Waals surface area (Å²) in [5, 5.41) is 10.7. The molecule has 1 aromatic rings. The Kier molecular flexibility index (Phi) is 8.54. The Morgan fingerprint density at radius 3 is 2.48 bits per heavy atom. The van der Waals surface area contributed by atoms with E-state index in [4.69, 9.17) is 4.74 Å². The maximum atomic E-state index is 10.7. The van der Waals surface area contributed by atoms with Gasteiger partial charge in [0, 0.05) is 17.4 Å². The number of phenols is 1. The van der Waals surface area contributed by atoms with E-state index in [-0.39, 0.29) is 11.5 Å². The number of phenolic OH excluding ortho intramolecular Hbond substituents is 1. The number of hydrogen-bond donors (Lipinski definition) is 1. The average molecular weight is 451 g/mol. The Balaban J connectivity index is 0.000000257. The minimum Gasteiger partial charge on any atom is -0.507 e. The molecule has 2 aliphatic carbocycles. The maximum absolute atomic E-state index is 10.7. The van der Waals surface area contributed by atoms with Crippen LogP contribution in [0.5, 0.6) is 11.5 Å². The average Bonchev–Trinajstić information content (AvgIpc) is 2.73. The molecule has 0 radical (unpaired) electrons. The van der Waals surface area contributed by atoms with Gasteiger partial charge in [-0.15, -0.1) is 0 Å². The quantitative estimate of drug-likeness (QED) is 0.358. The number of unbranched alkanes of at least 4 members (excludes halogenated alkanes) is 2. The lowest BCUT2D eigenvalue weighted by atomic mass is 9.68. The van der Waals surface area contributed by atoms with E-state index in [2.05, 4.69) is 66.3 Å². The fourth-order valence-corrected chi connectivity index (χ4v) is 5.72. The number of ether oxygens (including phenoxy) is 1. The van der Waals surface area contributed by atoms with Crippen LogP contribution >= 0.6 is 0 Å². The van der Waals surface area contributed by atoms with Gasteiger partial charge in [-0.1, -0.05) is 55.2 Å². The maximum Gasteiger partial charge on any atom is 0.127 e. The van der Waals surface area contributed by atoms with Gasteiger partial charge in [-0.05, 0) is 103 Å². The zero-order valence-electron chi connectivity index (χ0n) is 22.0. The van der Waals surface area contributed by atoms with Gasteiger partial charge in [-0.25, -0.2) is 0 Å². The summed E-state index contributed by atoms with van der Waals surface area (Å²) in [4.78, 5) is 0. The van der Waals surface area contributed by atoms with E-state index in [1.54, 1.807) is 5.57 Å². The highest BCUT2D eigenvalue weighted by Crippen LogP contribution is 2.53. The fraction of sp³-hybridized carbons (Fsp3) is 0.613. The van der Waals surface area contributed by atoms with Gasteiger partial charge < -0.3 is 9.84 Å². The van der Waals surface area contributed by atoms with Gasteiger partial charge in [-0.2, -0.15) is 0 Å². The van der Waals surface area contributed by atoms with Gasteiger partial charge in [0.1, 0.15) is 17.1 Å². The summed E-state index contributed by atoms with van der Waals surface area (Å²) in [6.45, 7) is 17.1. The second-order valence-electron chi connectivity index (χ2n) is 11.2. The molecule has 0 amide bonds. The molecule has 0 spiro atoms. The summed E-state index contributed by atoms with van der Waals surface area (Å²) in [5.74, 6) is 2.81. The molecule has 3 aliphatic rings. The van der Waals surface area contributed by atoms with E-state index in [1.165, 1.54) is 55.2 Å². The number of hydrogen-bond acceptors (Lipinski definition) is 2. The third-order valence-corrected chi connectivity index (χ3v) is 7.93. The summed E-state index contributed by atoms with van der Waals surface area (Å²) in [7, 11) is 0. The van der Waals surface area contributed by atoms with E-state index in [0.29, 0.717) is 11.7 Å². The Morgan fingerprint density at radius 2 is 1.85 bits per heavy atom. The molecule has 182 valence electrons. The molecular formula is C31H46O2. The van der Waals surface area contributed by atoms with Crippen LogP contribution < -0.4 is 4.74 Å². The lowest BCUT2D eigenvalue weighted by Gasteiger charge is -2.46. The number of fused-ring (bicyclic) bond motifs is 3. The molecule has 2 nitrogen and oxygen atoms in total. The summed E-state index contributed by atoms with van der Waals surface area (Å²) in [5.41, 5.74) is 6.36. The summed E-state index contributed by atoms with van der Waals surface area (Å²) >= 11 is 0. The van der Waals surface area contributed by atoms with Gasteiger partial charge >= 0.3 is 0 Å². The van der Waals surface area contributed by atoms with Crippen molar-refractivity contribution in [2.24, 2.45) is 11.8 Å². The molecule has 0 bridgehead atoms. The zero-order valence-corrected chi connectivity index (χ0v) is 22.0. The molecule has 1 heterocycles. The molecule has 0 saturated carbocycles. The van der Waals surface area contributed by atoms with E-state index < -0.39 is 0 Å². The largest absolute Gasteiger partial charge is 0.507 e. The number of aromatic hydroxyl groups is 1. The first kappa shape index (κ1) is 25.7. The molecule has 1 N–H and O–H groups in total. The Bertz CT molecular complexity index is 902. The normalized spacial score (nSPS) is 25.3. The highest BCUT2D eigenvalue weighted by Gasteiger charge is 2.45. The fourth-order valence-electron chi connectivity index (χ4n) is 5.72. The Labute approximate surface area is 202 Å². The van der Waals surface area contributed by atoms with Gasteiger partial charge in [0.15, 0.2) is 0 Å². The topological polar surface area (TPSA) is 29.5 Å². The highest BCUT2D eigenvalue weighted by molar-refractivity contribution is 5.54. The molecule has 0 aromatic heterocycles. The van der Waals surface area contributed by atoms with Crippen LogP contribution in [-0.2, 0) is 6.42 Å². The van der Waals surface area contributed by atoms with Crippen LogP contribution in [0.25, 0.3) is 0 Å². The molecule has 33 heavy (non-hydrogen) atoms. The minimum atomic E-state index is -0.177. The van der Waals surface area contributed by atoms with E-state index >= 15 is 0 Å². The van der Waals surface area contributed by atoms with Crippen LogP contribution in [0.2, 0.25) is 0 Å². The monoisotopic (exact) mass is 450 g/mol. The van der Waals surface area contributed by atoms with Crippen molar-refractivity contribution in [3.8, 4) is 11.5 Å². The van der Waals surface area contributed by atoms with Crippen molar-refractivity contribution in [2.45, 2.75) is 111 Å². The summed E-state index contributed by atoms with van der Waals surface area (Å²) in [6, 6.07) is 4.13. The first-order valence-electron chi connectivity index (χ1n) is 13.2. The van der Waals surface area contributed by atoms with Crippen LogP contribution in [0.4, 0.5) is 0 Å². The summed E-state index contributed by atoms with van der Waals surface area (Å²) in [6.07, 6.45) is 15.4.